The smallest absolute Gasteiger partial charge is 0.135 e. The van der Waals surface area contributed by atoms with Crippen molar-refractivity contribution < 1.29 is 14.6 Å². The Morgan fingerprint density at radius 1 is 1.19 bits per heavy atom. The van der Waals surface area contributed by atoms with Crippen LogP contribution >= 0.6 is 11.6 Å². The van der Waals surface area contributed by atoms with Crippen molar-refractivity contribution in [1.82, 2.24) is 0 Å². The van der Waals surface area contributed by atoms with E-state index in [0.717, 1.165) is 5.56 Å². The van der Waals surface area contributed by atoms with Crippen LogP contribution in [0.1, 0.15) is 11.1 Å². The molecule has 0 saturated heterocycles. The molecule has 0 aliphatic carbocycles. The van der Waals surface area contributed by atoms with Gasteiger partial charge in [0, 0.05) is 10.6 Å². The number of benzene rings is 2. The SMILES string of the molecule is COc1ccc(OCc2ccccc2Cl)c(C#CCO)c1. The Morgan fingerprint density at radius 3 is 2.71 bits per heavy atom. The van der Waals surface area contributed by atoms with E-state index in [2.05, 4.69) is 11.8 Å². The molecule has 0 aromatic heterocycles. The lowest BCUT2D eigenvalue weighted by molar-refractivity contribution is 0.304. The van der Waals surface area contributed by atoms with Crippen LogP contribution in [-0.4, -0.2) is 18.8 Å². The molecule has 0 amide bonds. The Morgan fingerprint density at radius 2 is 2.00 bits per heavy atom. The first-order valence-electron chi connectivity index (χ1n) is 6.38. The van der Waals surface area contributed by atoms with Crippen LogP contribution in [0.2, 0.25) is 5.02 Å². The van der Waals surface area contributed by atoms with Crippen molar-refractivity contribution in [2.75, 3.05) is 13.7 Å². The van der Waals surface area contributed by atoms with Crippen LogP contribution in [0.3, 0.4) is 0 Å². The lowest BCUT2D eigenvalue weighted by Crippen LogP contribution is -1.98. The van der Waals surface area contributed by atoms with Gasteiger partial charge in [-0.3, -0.25) is 0 Å². The molecule has 0 aliphatic rings. The van der Waals surface area contributed by atoms with Crippen molar-refractivity contribution in [2.24, 2.45) is 0 Å². The van der Waals surface area contributed by atoms with E-state index in [9.17, 15) is 0 Å². The molecule has 2 rings (SSSR count). The second-order valence-corrected chi connectivity index (χ2v) is 4.61. The normalized spacial score (nSPS) is 9.67. The van der Waals surface area contributed by atoms with Crippen LogP contribution in [0.4, 0.5) is 0 Å². The third kappa shape index (κ3) is 4.16. The van der Waals surface area contributed by atoms with E-state index in [1.165, 1.54) is 0 Å². The van der Waals surface area contributed by atoms with Crippen LogP contribution < -0.4 is 9.47 Å². The van der Waals surface area contributed by atoms with Gasteiger partial charge in [0.2, 0.25) is 0 Å². The predicted octanol–water partition coefficient (Wildman–Crippen LogP) is 3.27. The van der Waals surface area contributed by atoms with Crippen LogP contribution in [0.15, 0.2) is 42.5 Å². The molecular weight excluding hydrogens is 288 g/mol. The van der Waals surface area contributed by atoms with Gasteiger partial charge in [-0.1, -0.05) is 41.6 Å². The van der Waals surface area contributed by atoms with E-state index >= 15 is 0 Å². The highest BCUT2D eigenvalue weighted by molar-refractivity contribution is 6.31. The van der Waals surface area contributed by atoms with Crippen molar-refractivity contribution in [2.45, 2.75) is 6.61 Å². The van der Waals surface area contributed by atoms with Gasteiger partial charge in [0.1, 0.15) is 24.7 Å². The second-order valence-electron chi connectivity index (χ2n) is 4.20. The summed E-state index contributed by atoms with van der Waals surface area (Å²) in [5.41, 5.74) is 1.56. The molecule has 0 unspecified atom stereocenters. The van der Waals surface area contributed by atoms with E-state index in [1.807, 2.05) is 24.3 Å². The van der Waals surface area contributed by atoms with Gasteiger partial charge in [0.25, 0.3) is 0 Å². The number of halogens is 1. The molecule has 2 aromatic carbocycles. The maximum absolute atomic E-state index is 8.83. The van der Waals surface area contributed by atoms with Gasteiger partial charge in [-0.15, -0.1) is 0 Å². The topological polar surface area (TPSA) is 38.7 Å². The summed E-state index contributed by atoms with van der Waals surface area (Å²) in [4.78, 5) is 0. The van der Waals surface area contributed by atoms with Gasteiger partial charge in [-0.25, -0.2) is 0 Å². The van der Waals surface area contributed by atoms with Gasteiger partial charge in [-0.05, 0) is 24.3 Å². The van der Waals surface area contributed by atoms with Crippen LogP contribution in [-0.2, 0) is 6.61 Å². The van der Waals surface area contributed by atoms with Gasteiger partial charge in [0.05, 0.1) is 12.7 Å². The third-order valence-corrected chi connectivity index (χ3v) is 3.20. The Labute approximate surface area is 129 Å². The summed E-state index contributed by atoms with van der Waals surface area (Å²) in [7, 11) is 1.59. The Hall–Kier alpha value is -2.15. The molecule has 21 heavy (non-hydrogen) atoms. The summed E-state index contributed by atoms with van der Waals surface area (Å²) < 4.78 is 10.9. The lowest BCUT2D eigenvalue weighted by atomic mass is 10.2. The average Bonchev–Trinajstić information content (AvgIpc) is 2.52. The summed E-state index contributed by atoms with van der Waals surface area (Å²) >= 11 is 6.10. The second kappa shape index (κ2) is 7.58. The zero-order valence-electron chi connectivity index (χ0n) is 11.6. The first-order chi connectivity index (χ1) is 10.2. The summed E-state index contributed by atoms with van der Waals surface area (Å²) in [5.74, 6) is 6.76. The maximum atomic E-state index is 8.83. The van der Waals surface area contributed by atoms with E-state index in [0.29, 0.717) is 28.7 Å². The molecule has 0 spiro atoms. The van der Waals surface area contributed by atoms with E-state index in [4.69, 9.17) is 26.2 Å². The van der Waals surface area contributed by atoms with Gasteiger partial charge in [0.15, 0.2) is 0 Å². The standard InChI is InChI=1S/C17H15ClO3/c1-20-15-8-9-17(13(11-15)6-4-10-19)21-12-14-5-2-3-7-16(14)18/h2-3,5,7-9,11,19H,10,12H2,1H3. The molecule has 0 atom stereocenters. The molecule has 0 heterocycles. The van der Waals surface area contributed by atoms with Crippen molar-refractivity contribution in [1.29, 1.82) is 0 Å². The molecule has 108 valence electrons. The first-order valence-corrected chi connectivity index (χ1v) is 6.76. The Bertz CT molecular complexity index is 671. The highest BCUT2D eigenvalue weighted by Gasteiger charge is 2.06. The molecule has 0 fully saturated rings. The van der Waals surface area contributed by atoms with Gasteiger partial charge < -0.3 is 14.6 Å². The zero-order chi connectivity index (χ0) is 15.1. The number of hydrogen-bond acceptors (Lipinski definition) is 3. The molecule has 3 nitrogen and oxygen atoms in total. The highest BCUT2D eigenvalue weighted by Crippen LogP contribution is 2.25. The van der Waals surface area contributed by atoms with Gasteiger partial charge in [-0.2, -0.15) is 0 Å². The summed E-state index contributed by atoms with van der Waals surface area (Å²) in [5, 5.41) is 9.49. The fraction of sp³-hybridized carbons (Fsp3) is 0.176. The van der Waals surface area contributed by atoms with E-state index in [-0.39, 0.29) is 6.61 Å². The molecule has 4 heteroatoms. The Balaban J connectivity index is 2.21. The van der Waals surface area contributed by atoms with Crippen molar-refractivity contribution in [3.8, 4) is 23.3 Å². The van der Waals surface area contributed by atoms with Crippen LogP contribution in [0.25, 0.3) is 0 Å². The molecule has 1 N–H and O–H groups in total. The summed E-state index contributed by atoms with van der Waals surface area (Å²) in [6.07, 6.45) is 0. The fourth-order valence-corrected chi connectivity index (χ4v) is 1.96. The molecule has 0 bridgehead atoms. The average molecular weight is 303 g/mol. The number of aliphatic hydroxyl groups excluding tert-OH is 1. The summed E-state index contributed by atoms with van der Waals surface area (Å²) in [6, 6.07) is 12.9. The molecule has 2 aromatic rings. The number of ether oxygens (including phenoxy) is 2. The fourth-order valence-electron chi connectivity index (χ4n) is 1.77. The first kappa shape index (κ1) is 15.2. The quantitative estimate of drug-likeness (QED) is 0.881. The number of rotatable bonds is 4. The van der Waals surface area contributed by atoms with E-state index < -0.39 is 0 Å². The van der Waals surface area contributed by atoms with Gasteiger partial charge >= 0.3 is 0 Å². The minimum absolute atomic E-state index is 0.207. The number of methoxy groups -OCH3 is 1. The highest BCUT2D eigenvalue weighted by atomic mass is 35.5. The molecule has 0 saturated carbocycles. The minimum atomic E-state index is -0.207. The van der Waals surface area contributed by atoms with Crippen molar-refractivity contribution >= 4 is 11.6 Å². The number of hydrogen-bond donors (Lipinski definition) is 1. The minimum Gasteiger partial charge on any atom is -0.497 e. The maximum Gasteiger partial charge on any atom is 0.135 e. The predicted molar refractivity (Wildman–Crippen MR) is 82.7 cm³/mol. The molecular formula is C17H15ClO3. The number of aliphatic hydroxyl groups is 1. The van der Waals surface area contributed by atoms with Crippen LogP contribution in [0.5, 0.6) is 11.5 Å². The molecule has 0 aliphatic heterocycles. The van der Waals surface area contributed by atoms with Crippen molar-refractivity contribution in [3.63, 3.8) is 0 Å². The van der Waals surface area contributed by atoms with E-state index in [1.54, 1.807) is 25.3 Å². The molecule has 0 radical (unpaired) electrons. The zero-order valence-corrected chi connectivity index (χ0v) is 12.4. The largest absolute Gasteiger partial charge is 0.497 e. The van der Waals surface area contributed by atoms with Crippen LogP contribution in [0, 0.1) is 11.8 Å². The van der Waals surface area contributed by atoms with Crippen molar-refractivity contribution in [3.05, 3.63) is 58.6 Å². The lowest BCUT2D eigenvalue weighted by Gasteiger charge is -2.10. The monoisotopic (exact) mass is 302 g/mol. The summed E-state index contributed by atoms with van der Waals surface area (Å²) in [6.45, 7) is 0.140. The Kier molecular flexibility index (Phi) is 5.51. The third-order valence-electron chi connectivity index (χ3n) is 2.83.